The van der Waals surface area contributed by atoms with E-state index in [0.29, 0.717) is 16.7 Å². The third-order valence-corrected chi connectivity index (χ3v) is 5.70. The number of nitrogens with one attached hydrogen (secondary N) is 1. The van der Waals surface area contributed by atoms with Gasteiger partial charge in [0.05, 0.1) is 22.8 Å². The Kier molecular flexibility index (Phi) is 3.85. The van der Waals surface area contributed by atoms with E-state index in [0.717, 1.165) is 26.7 Å². The molecule has 0 saturated heterocycles. The minimum Gasteiger partial charge on any atom is -0.342 e. The lowest BCUT2D eigenvalue weighted by Gasteiger charge is -2.10. The maximum atomic E-state index is 12.9. The molecule has 1 amide bonds. The van der Waals surface area contributed by atoms with Crippen LogP contribution < -0.4 is 5.32 Å². The van der Waals surface area contributed by atoms with Gasteiger partial charge in [0.1, 0.15) is 5.69 Å². The number of amides is 1. The number of nitrogens with zero attached hydrogens (tertiary/aromatic N) is 2. The van der Waals surface area contributed by atoms with E-state index in [1.165, 1.54) is 0 Å². The van der Waals surface area contributed by atoms with Gasteiger partial charge in [-0.05, 0) is 36.8 Å². The Balaban J connectivity index is 1.95. The highest BCUT2D eigenvalue weighted by Gasteiger charge is 2.25. The van der Waals surface area contributed by atoms with Crippen LogP contribution in [0.2, 0.25) is 0 Å². The summed E-state index contributed by atoms with van der Waals surface area (Å²) in [6, 6.07) is 16.5. The van der Waals surface area contributed by atoms with E-state index in [4.69, 9.17) is 0 Å². The van der Waals surface area contributed by atoms with Gasteiger partial charge in [0.15, 0.2) is 0 Å². The van der Waals surface area contributed by atoms with E-state index >= 15 is 0 Å². The minimum atomic E-state index is -3.70. The summed E-state index contributed by atoms with van der Waals surface area (Å²) >= 11 is 0. The number of hydrogen-bond acceptors (Lipinski definition) is 3. The summed E-state index contributed by atoms with van der Waals surface area (Å²) in [7, 11) is -1.84. The second-order valence-electron chi connectivity index (χ2n) is 6.69. The second-order valence-corrected chi connectivity index (χ2v) is 8.52. The smallest absolute Gasteiger partial charge is 0.273 e. The molecule has 27 heavy (non-hydrogen) atoms. The normalized spacial score (nSPS) is 12.0. The standard InChI is InChI=1S/C20H19N3O3S/c1-13-7-6-8-14(11-13)21-20(24)18-12-17-19(23(18)27(3,25)26)15-9-4-5-10-16(15)22(17)2/h4-12H,1-3H3,(H,21,24). The molecular weight excluding hydrogens is 362 g/mol. The molecule has 0 spiro atoms. The maximum Gasteiger partial charge on any atom is 0.273 e. The fourth-order valence-electron chi connectivity index (χ4n) is 3.50. The van der Waals surface area contributed by atoms with Crippen molar-refractivity contribution in [3.63, 3.8) is 0 Å². The molecule has 0 bridgehead atoms. The lowest BCUT2D eigenvalue weighted by molar-refractivity contribution is 0.102. The molecule has 4 aromatic rings. The number of carbonyl (C=O) groups excluding carboxylic acids is 1. The van der Waals surface area contributed by atoms with Crippen LogP contribution >= 0.6 is 0 Å². The SMILES string of the molecule is Cc1cccc(NC(=O)c2cc3c(c4ccccc4n3C)n2S(C)(=O)=O)c1. The highest BCUT2D eigenvalue weighted by Crippen LogP contribution is 2.32. The first-order chi connectivity index (χ1) is 12.8. The number of aromatic nitrogens is 2. The molecule has 0 aliphatic carbocycles. The van der Waals surface area contributed by atoms with Crippen LogP contribution in [-0.2, 0) is 17.1 Å². The molecule has 7 heteroatoms. The predicted octanol–water partition coefficient (Wildman–Crippen LogP) is 3.50. The van der Waals surface area contributed by atoms with E-state index in [1.54, 1.807) is 12.1 Å². The summed E-state index contributed by atoms with van der Waals surface area (Å²) in [5.74, 6) is -0.466. The van der Waals surface area contributed by atoms with Gasteiger partial charge in [0.25, 0.3) is 5.91 Å². The zero-order valence-corrected chi connectivity index (χ0v) is 16.0. The van der Waals surface area contributed by atoms with Crippen molar-refractivity contribution in [3.05, 3.63) is 65.9 Å². The van der Waals surface area contributed by atoms with Crippen LogP contribution in [0, 0.1) is 6.92 Å². The number of para-hydroxylation sites is 1. The molecule has 0 saturated carbocycles. The largest absolute Gasteiger partial charge is 0.342 e. The van der Waals surface area contributed by atoms with E-state index in [2.05, 4.69) is 5.32 Å². The van der Waals surface area contributed by atoms with Gasteiger partial charge in [-0.1, -0.05) is 30.3 Å². The van der Waals surface area contributed by atoms with E-state index in [-0.39, 0.29) is 5.69 Å². The average molecular weight is 381 g/mol. The van der Waals surface area contributed by atoms with Crippen molar-refractivity contribution in [3.8, 4) is 0 Å². The van der Waals surface area contributed by atoms with Crippen LogP contribution in [0.15, 0.2) is 54.6 Å². The third kappa shape index (κ3) is 2.80. The van der Waals surface area contributed by atoms with Gasteiger partial charge in [-0.2, -0.15) is 0 Å². The Hall–Kier alpha value is -3.06. The summed E-state index contributed by atoms with van der Waals surface area (Å²) in [6.07, 6.45) is 1.11. The zero-order valence-electron chi connectivity index (χ0n) is 15.2. The lowest BCUT2D eigenvalue weighted by Crippen LogP contribution is -2.21. The highest BCUT2D eigenvalue weighted by atomic mass is 32.2. The van der Waals surface area contributed by atoms with Gasteiger partial charge in [-0.25, -0.2) is 12.4 Å². The van der Waals surface area contributed by atoms with Crippen molar-refractivity contribution in [2.75, 3.05) is 11.6 Å². The highest BCUT2D eigenvalue weighted by molar-refractivity contribution is 7.89. The topological polar surface area (TPSA) is 73.1 Å². The summed E-state index contributed by atoms with van der Waals surface area (Å²) in [6.45, 7) is 1.93. The molecule has 0 unspecified atom stereocenters. The molecule has 2 aromatic carbocycles. The first kappa shape index (κ1) is 17.4. The molecule has 0 radical (unpaired) electrons. The fourth-order valence-corrected chi connectivity index (χ4v) is 4.52. The van der Waals surface area contributed by atoms with Crippen LogP contribution in [-0.4, -0.2) is 29.1 Å². The van der Waals surface area contributed by atoms with Crippen molar-refractivity contribution >= 4 is 43.6 Å². The zero-order chi connectivity index (χ0) is 19.3. The maximum absolute atomic E-state index is 12.9. The van der Waals surface area contributed by atoms with Crippen molar-refractivity contribution in [2.24, 2.45) is 7.05 Å². The van der Waals surface area contributed by atoms with Crippen molar-refractivity contribution < 1.29 is 13.2 Å². The number of benzene rings is 2. The Morgan fingerprint density at radius 2 is 1.74 bits per heavy atom. The number of rotatable bonds is 3. The molecule has 2 heterocycles. The Morgan fingerprint density at radius 1 is 1.00 bits per heavy atom. The number of fused-ring (bicyclic) bond motifs is 3. The lowest BCUT2D eigenvalue weighted by atomic mass is 10.2. The second kappa shape index (κ2) is 5.99. The van der Waals surface area contributed by atoms with Gasteiger partial charge >= 0.3 is 0 Å². The molecule has 0 aliphatic heterocycles. The van der Waals surface area contributed by atoms with E-state index < -0.39 is 15.9 Å². The molecule has 6 nitrogen and oxygen atoms in total. The third-order valence-electron chi connectivity index (χ3n) is 4.66. The molecule has 2 aromatic heterocycles. The summed E-state index contributed by atoms with van der Waals surface area (Å²) in [5, 5.41) is 3.58. The first-order valence-electron chi connectivity index (χ1n) is 8.45. The van der Waals surface area contributed by atoms with Gasteiger partial charge in [0.2, 0.25) is 10.0 Å². The molecular formula is C20H19N3O3S. The number of carbonyl (C=O) groups is 1. The van der Waals surface area contributed by atoms with Crippen molar-refractivity contribution in [1.82, 2.24) is 8.54 Å². The van der Waals surface area contributed by atoms with Crippen LogP contribution in [0.1, 0.15) is 16.1 Å². The molecule has 0 atom stereocenters. The molecule has 0 fully saturated rings. The minimum absolute atomic E-state index is 0.0883. The van der Waals surface area contributed by atoms with Crippen LogP contribution in [0.4, 0.5) is 5.69 Å². The van der Waals surface area contributed by atoms with Gasteiger partial charge < -0.3 is 9.88 Å². The summed E-state index contributed by atoms with van der Waals surface area (Å²) < 4.78 is 28.2. The van der Waals surface area contributed by atoms with Crippen molar-refractivity contribution in [2.45, 2.75) is 6.92 Å². The van der Waals surface area contributed by atoms with Crippen LogP contribution in [0.25, 0.3) is 21.9 Å². The fraction of sp³-hybridized carbons (Fsp3) is 0.150. The molecule has 4 rings (SSSR count). The van der Waals surface area contributed by atoms with Crippen LogP contribution in [0.5, 0.6) is 0 Å². The summed E-state index contributed by atoms with van der Waals surface area (Å²) in [4.78, 5) is 12.9. The average Bonchev–Trinajstić information content (AvgIpc) is 3.12. The first-order valence-corrected chi connectivity index (χ1v) is 10.3. The number of aryl methyl sites for hydroxylation is 2. The Bertz CT molecular complexity index is 1310. The van der Waals surface area contributed by atoms with Crippen molar-refractivity contribution in [1.29, 1.82) is 0 Å². The molecule has 138 valence electrons. The molecule has 0 aliphatic rings. The van der Waals surface area contributed by atoms with Crippen LogP contribution in [0.3, 0.4) is 0 Å². The predicted molar refractivity (Wildman–Crippen MR) is 108 cm³/mol. The Morgan fingerprint density at radius 3 is 2.44 bits per heavy atom. The summed E-state index contributed by atoms with van der Waals surface area (Å²) in [5.41, 5.74) is 3.83. The molecule has 1 N–H and O–H groups in total. The Labute approximate surface area is 157 Å². The number of hydrogen-bond donors (Lipinski definition) is 1. The van der Waals surface area contributed by atoms with E-state index in [9.17, 15) is 13.2 Å². The monoisotopic (exact) mass is 381 g/mol. The van der Waals surface area contributed by atoms with Gasteiger partial charge in [0, 0.05) is 18.1 Å². The quantitative estimate of drug-likeness (QED) is 0.590. The van der Waals surface area contributed by atoms with Gasteiger partial charge in [-0.15, -0.1) is 0 Å². The van der Waals surface area contributed by atoms with Gasteiger partial charge in [-0.3, -0.25) is 4.79 Å². The number of anilines is 1. The van der Waals surface area contributed by atoms with E-state index in [1.807, 2.05) is 61.0 Å².